The Balaban J connectivity index is 0. The molecular formula is C11H26IN3O. The fraction of sp³-hybridized carbons (Fsp3) is 0.909. The third-order valence-corrected chi connectivity index (χ3v) is 1.93. The molecule has 0 amide bonds. The van der Waals surface area contributed by atoms with Crippen molar-refractivity contribution in [1.82, 2.24) is 10.6 Å². The van der Waals surface area contributed by atoms with Crippen LogP contribution in [0.5, 0.6) is 0 Å². The number of halogens is 1. The van der Waals surface area contributed by atoms with Crippen molar-refractivity contribution < 1.29 is 4.74 Å². The molecule has 1 atom stereocenters. The van der Waals surface area contributed by atoms with Gasteiger partial charge in [-0.3, -0.25) is 4.99 Å². The molecule has 1 unspecified atom stereocenters. The maximum absolute atomic E-state index is 5.06. The van der Waals surface area contributed by atoms with Crippen molar-refractivity contribution in [3.05, 3.63) is 0 Å². The Hall–Kier alpha value is -0.0400. The normalized spacial score (nSPS) is 12.9. The quantitative estimate of drug-likeness (QED) is 0.322. The zero-order valence-corrected chi connectivity index (χ0v) is 13.2. The molecule has 16 heavy (non-hydrogen) atoms. The van der Waals surface area contributed by atoms with Gasteiger partial charge in [-0.2, -0.15) is 0 Å². The molecule has 0 heterocycles. The van der Waals surface area contributed by atoms with E-state index in [1.165, 1.54) is 6.42 Å². The first-order valence-electron chi connectivity index (χ1n) is 5.78. The summed E-state index contributed by atoms with van der Waals surface area (Å²) in [4.78, 5) is 4.46. The van der Waals surface area contributed by atoms with Gasteiger partial charge in [-0.15, -0.1) is 24.0 Å². The Morgan fingerprint density at radius 3 is 2.56 bits per heavy atom. The van der Waals surface area contributed by atoms with Gasteiger partial charge >= 0.3 is 0 Å². The fourth-order valence-electron chi connectivity index (χ4n) is 1.19. The third kappa shape index (κ3) is 10.5. The van der Waals surface area contributed by atoms with E-state index in [9.17, 15) is 0 Å². The van der Waals surface area contributed by atoms with E-state index in [-0.39, 0.29) is 30.0 Å². The van der Waals surface area contributed by atoms with E-state index >= 15 is 0 Å². The molecule has 0 rings (SSSR count). The van der Waals surface area contributed by atoms with Crippen molar-refractivity contribution in [3.8, 4) is 0 Å². The molecule has 0 radical (unpaired) electrons. The predicted octanol–water partition coefficient (Wildman–Crippen LogP) is 1.99. The third-order valence-electron chi connectivity index (χ3n) is 1.93. The molecule has 0 aromatic carbocycles. The summed E-state index contributed by atoms with van der Waals surface area (Å²) in [5, 5.41) is 6.51. The Bertz CT molecular complexity index is 177. The molecule has 0 saturated heterocycles. The first kappa shape index (κ1) is 18.3. The summed E-state index contributed by atoms with van der Waals surface area (Å²) in [6.07, 6.45) is 2.31. The minimum atomic E-state index is 0. The highest BCUT2D eigenvalue weighted by Gasteiger charge is 2.03. The van der Waals surface area contributed by atoms with E-state index in [2.05, 4.69) is 36.4 Å². The average Bonchev–Trinajstić information content (AvgIpc) is 2.18. The second-order valence-corrected chi connectivity index (χ2v) is 3.61. The van der Waals surface area contributed by atoms with E-state index < -0.39 is 0 Å². The fourth-order valence-corrected chi connectivity index (χ4v) is 1.19. The number of rotatable bonds is 7. The monoisotopic (exact) mass is 343 g/mol. The largest absolute Gasteiger partial charge is 0.383 e. The summed E-state index contributed by atoms with van der Waals surface area (Å²) in [6.45, 7) is 8.78. The summed E-state index contributed by atoms with van der Waals surface area (Å²) < 4.78 is 5.06. The average molecular weight is 343 g/mol. The van der Waals surface area contributed by atoms with Gasteiger partial charge in [-0.25, -0.2) is 0 Å². The van der Waals surface area contributed by atoms with Crippen molar-refractivity contribution in [1.29, 1.82) is 0 Å². The highest BCUT2D eigenvalue weighted by Crippen LogP contribution is 1.88. The number of guanidine groups is 1. The van der Waals surface area contributed by atoms with E-state index in [4.69, 9.17) is 4.74 Å². The molecule has 0 aliphatic rings. The number of unbranched alkanes of at least 4 members (excludes halogenated alkanes) is 1. The van der Waals surface area contributed by atoms with Gasteiger partial charge < -0.3 is 15.4 Å². The van der Waals surface area contributed by atoms with Crippen molar-refractivity contribution in [2.45, 2.75) is 39.7 Å². The van der Waals surface area contributed by atoms with Crippen LogP contribution in [-0.2, 0) is 4.74 Å². The smallest absolute Gasteiger partial charge is 0.191 e. The molecule has 5 heteroatoms. The SMILES string of the molecule is CCCCN=C(NCC)NC(C)COC.I. The number of hydrogen-bond donors (Lipinski definition) is 2. The van der Waals surface area contributed by atoms with Crippen LogP contribution in [0.15, 0.2) is 4.99 Å². The van der Waals surface area contributed by atoms with E-state index in [1.807, 2.05) is 0 Å². The highest BCUT2D eigenvalue weighted by atomic mass is 127. The molecule has 0 aliphatic carbocycles. The van der Waals surface area contributed by atoms with Crippen LogP contribution in [-0.4, -0.2) is 38.8 Å². The van der Waals surface area contributed by atoms with Crippen LogP contribution in [0, 0.1) is 0 Å². The lowest BCUT2D eigenvalue weighted by Gasteiger charge is -2.16. The molecule has 4 nitrogen and oxygen atoms in total. The van der Waals surface area contributed by atoms with E-state index in [0.29, 0.717) is 6.61 Å². The first-order chi connectivity index (χ1) is 7.24. The minimum absolute atomic E-state index is 0. The van der Waals surface area contributed by atoms with Crippen molar-refractivity contribution in [3.63, 3.8) is 0 Å². The van der Waals surface area contributed by atoms with Gasteiger partial charge in [-0.05, 0) is 20.3 Å². The highest BCUT2D eigenvalue weighted by molar-refractivity contribution is 14.0. The van der Waals surface area contributed by atoms with Gasteiger partial charge in [0.15, 0.2) is 5.96 Å². The molecular weight excluding hydrogens is 317 g/mol. The number of hydrogen-bond acceptors (Lipinski definition) is 2. The zero-order valence-electron chi connectivity index (χ0n) is 10.9. The summed E-state index contributed by atoms with van der Waals surface area (Å²) in [5.41, 5.74) is 0. The van der Waals surface area contributed by atoms with Gasteiger partial charge in [0.25, 0.3) is 0 Å². The number of methoxy groups -OCH3 is 1. The lowest BCUT2D eigenvalue weighted by Crippen LogP contribution is -2.44. The lowest BCUT2D eigenvalue weighted by atomic mass is 10.3. The van der Waals surface area contributed by atoms with Gasteiger partial charge in [0.05, 0.1) is 6.61 Å². The predicted molar refractivity (Wildman–Crippen MR) is 80.8 cm³/mol. The Morgan fingerprint density at radius 2 is 2.06 bits per heavy atom. The van der Waals surface area contributed by atoms with Crippen LogP contribution in [0.3, 0.4) is 0 Å². The second-order valence-electron chi connectivity index (χ2n) is 3.61. The van der Waals surface area contributed by atoms with Crippen molar-refractivity contribution in [2.24, 2.45) is 4.99 Å². The second kappa shape index (κ2) is 13.0. The molecule has 98 valence electrons. The molecule has 2 N–H and O–H groups in total. The van der Waals surface area contributed by atoms with Gasteiger partial charge in [0.1, 0.15) is 0 Å². The number of aliphatic imine (C=N–C) groups is 1. The van der Waals surface area contributed by atoms with Crippen molar-refractivity contribution in [2.75, 3.05) is 26.8 Å². The van der Waals surface area contributed by atoms with E-state index in [0.717, 1.165) is 25.5 Å². The molecule has 0 aromatic heterocycles. The van der Waals surface area contributed by atoms with Crippen molar-refractivity contribution >= 4 is 29.9 Å². The summed E-state index contributed by atoms with van der Waals surface area (Å²) in [6, 6.07) is 0.287. The van der Waals surface area contributed by atoms with Crippen LogP contribution < -0.4 is 10.6 Å². The Morgan fingerprint density at radius 1 is 1.38 bits per heavy atom. The zero-order chi connectivity index (χ0) is 11.5. The summed E-state index contributed by atoms with van der Waals surface area (Å²) in [7, 11) is 1.71. The van der Waals surface area contributed by atoms with Gasteiger partial charge in [0, 0.05) is 26.2 Å². The standard InChI is InChI=1S/C11H25N3O.HI/c1-5-7-8-13-11(12-6-2)14-10(3)9-15-4;/h10H,5-9H2,1-4H3,(H2,12,13,14);1H. The van der Waals surface area contributed by atoms with Gasteiger partial charge in [-0.1, -0.05) is 13.3 Å². The summed E-state index contributed by atoms with van der Waals surface area (Å²) >= 11 is 0. The maximum Gasteiger partial charge on any atom is 0.191 e. The molecule has 0 aromatic rings. The molecule has 0 spiro atoms. The first-order valence-corrected chi connectivity index (χ1v) is 5.78. The molecule has 0 bridgehead atoms. The van der Waals surface area contributed by atoms with Crippen LogP contribution in [0.4, 0.5) is 0 Å². The molecule has 0 saturated carbocycles. The Labute approximate surface area is 117 Å². The summed E-state index contributed by atoms with van der Waals surface area (Å²) in [5.74, 6) is 0.885. The number of ether oxygens (including phenoxy) is 1. The molecule has 0 aliphatic heterocycles. The van der Waals surface area contributed by atoms with Crippen LogP contribution in [0.2, 0.25) is 0 Å². The maximum atomic E-state index is 5.06. The topological polar surface area (TPSA) is 45.7 Å². The van der Waals surface area contributed by atoms with Gasteiger partial charge in [0.2, 0.25) is 0 Å². The Kier molecular flexibility index (Phi) is 14.9. The van der Waals surface area contributed by atoms with Crippen LogP contribution in [0.25, 0.3) is 0 Å². The van der Waals surface area contributed by atoms with E-state index in [1.54, 1.807) is 7.11 Å². The van der Waals surface area contributed by atoms with Crippen LogP contribution in [0.1, 0.15) is 33.6 Å². The molecule has 0 fully saturated rings. The van der Waals surface area contributed by atoms with Crippen LogP contribution >= 0.6 is 24.0 Å². The number of nitrogens with one attached hydrogen (secondary N) is 2. The lowest BCUT2D eigenvalue weighted by molar-refractivity contribution is 0.179. The minimum Gasteiger partial charge on any atom is -0.383 e. The number of nitrogens with zero attached hydrogens (tertiary/aromatic N) is 1.